The van der Waals surface area contributed by atoms with Crippen molar-refractivity contribution in [3.05, 3.63) is 0 Å². The maximum atomic E-state index is 12.4. The molecule has 0 radical (unpaired) electrons. The first-order valence-electron chi connectivity index (χ1n) is 6.41. The fourth-order valence-corrected chi connectivity index (χ4v) is 2.27. The highest BCUT2D eigenvalue weighted by atomic mass is 16.4. The molecule has 1 saturated carbocycles. The molecule has 0 unspecified atom stereocenters. The molecule has 1 aliphatic carbocycles. The van der Waals surface area contributed by atoms with Crippen molar-refractivity contribution < 1.29 is 14.7 Å². The van der Waals surface area contributed by atoms with Gasteiger partial charge in [0.05, 0.1) is 0 Å². The molecule has 1 rings (SSSR count). The topological polar surface area (TPSA) is 57.6 Å². The molecule has 4 nitrogen and oxygen atoms in total. The minimum Gasteiger partial charge on any atom is -0.480 e. The summed E-state index contributed by atoms with van der Waals surface area (Å²) in [5.41, 5.74) is -0.460. The van der Waals surface area contributed by atoms with Crippen LogP contribution < -0.4 is 0 Å². The zero-order valence-corrected chi connectivity index (χ0v) is 11.0. The van der Waals surface area contributed by atoms with E-state index in [1.54, 1.807) is 4.90 Å². The van der Waals surface area contributed by atoms with Crippen LogP contribution in [0.3, 0.4) is 0 Å². The van der Waals surface area contributed by atoms with Crippen LogP contribution >= 0.6 is 0 Å². The molecule has 98 valence electrons. The third kappa shape index (κ3) is 3.45. The molecule has 1 N–H and O–H groups in total. The largest absolute Gasteiger partial charge is 0.480 e. The van der Waals surface area contributed by atoms with Crippen molar-refractivity contribution in [3.63, 3.8) is 0 Å². The van der Waals surface area contributed by atoms with E-state index in [1.807, 2.05) is 20.8 Å². The second kappa shape index (κ2) is 5.52. The Hall–Kier alpha value is -1.06. The second-order valence-electron chi connectivity index (χ2n) is 5.50. The Morgan fingerprint density at radius 2 is 1.82 bits per heavy atom. The number of hydrogen-bond acceptors (Lipinski definition) is 2. The Morgan fingerprint density at radius 3 is 2.24 bits per heavy atom. The lowest BCUT2D eigenvalue weighted by molar-refractivity contribution is -0.151. The Kier molecular flexibility index (Phi) is 4.54. The van der Waals surface area contributed by atoms with Crippen molar-refractivity contribution >= 4 is 11.9 Å². The SMILES string of the molecule is CCC(C)(C)C(=O)N(CC(=O)O)C1CCCC1. The molecular weight excluding hydrogens is 218 g/mol. The fourth-order valence-electron chi connectivity index (χ4n) is 2.27. The van der Waals surface area contributed by atoms with Crippen LogP contribution in [-0.4, -0.2) is 34.5 Å². The highest BCUT2D eigenvalue weighted by molar-refractivity contribution is 5.85. The van der Waals surface area contributed by atoms with E-state index in [9.17, 15) is 9.59 Å². The molecule has 4 heteroatoms. The number of nitrogens with zero attached hydrogens (tertiary/aromatic N) is 1. The predicted octanol–water partition coefficient (Wildman–Crippen LogP) is 2.28. The third-order valence-corrected chi connectivity index (χ3v) is 3.79. The van der Waals surface area contributed by atoms with E-state index in [4.69, 9.17) is 5.11 Å². The van der Waals surface area contributed by atoms with Crippen LogP contribution in [0, 0.1) is 5.41 Å². The fraction of sp³-hybridized carbons (Fsp3) is 0.846. The van der Waals surface area contributed by atoms with Crippen molar-refractivity contribution in [2.24, 2.45) is 5.41 Å². The van der Waals surface area contributed by atoms with Crippen LogP contribution in [0.15, 0.2) is 0 Å². The Balaban J connectivity index is 2.81. The molecule has 0 aliphatic heterocycles. The molecule has 1 aliphatic rings. The summed E-state index contributed by atoms with van der Waals surface area (Å²) in [6.07, 6.45) is 4.81. The van der Waals surface area contributed by atoms with Crippen LogP contribution in [0.4, 0.5) is 0 Å². The number of amides is 1. The van der Waals surface area contributed by atoms with Gasteiger partial charge in [0.2, 0.25) is 5.91 Å². The first kappa shape index (κ1) is 14.0. The summed E-state index contributed by atoms with van der Waals surface area (Å²) in [6.45, 7) is 5.58. The molecule has 0 saturated heterocycles. The molecule has 1 fully saturated rings. The third-order valence-electron chi connectivity index (χ3n) is 3.79. The van der Waals surface area contributed by atoms with Gasteiger partial charge in [0.15, 0.2) is 0 Å². The van der Waals surface area contributed by atoms with Gasteiger partial charge in [0, 0.05) is 11.5 Å². The highest BCUT2D eigenvalue weighted by Gasteiger charge is 2.36. The first-order chi connectivity index (χ1) is 7.88. The molecule has 0 aromatic rings. The summed E-state index contributed by atoms with van der Waals surface area (Å²) >= 11 is 0. The lowest BCUT2D eigenvalue weighted by atomic mass is 9.88. The number of rotatable bonds is 5. The minimum absolute atomic E-state index is 0.0192. The van der Waals surface area contributed by atoms with Gasteiger partial charge in [-0.1, -0.05) is 33.6 Å². The van der Waals surface area contributed by atoms with Gasteiger partial charge in [-0.2, -0.15) is 0 Å². The highest BCUT2D eigenvalue weighted by Crippen LogP contribution is 2.29. The summed E-state index contributed by atoms with van der Waals surface area (Å²) in [6, 6.07) is 0.129. The molecule has 0 heterocycles. The Labute approximate surface area is 103 Å². The number of hydrogen-bond donors (Lipinski definition) is 1. The molecule has 17 heavy (non-hydrogen) atoms. The number of carboxylic acids is 1. The van der Waals surface area contributed by atoms with Gasteiger partial charge >= 0.3 is 5.97 Å². The van der Waals surface area contributed by atoms with Crippen LogP contribution in [0.1, 0.15) is 52.9 Å². The van der Waals surface area contributed by atoms with E-state index < -0.39 is 11.4 Å². The monoisotopic (exact) mass is 241 g/mol. The van der Waals surface area contributed by atoms with Crippen molar-refractivity contribution in [1.82, 2.24) is 4.90 Å². The lowest BCUT2D eigenvalue weighted by Gasteiger charge is -2.34. The van der Waals surface area contributed by atoms with Gasteiger partial charge in [0.25, 0.3) is 0 Å². The van der Waals surface area contributed by atoms with Crippen LogP contribution in [0.2, 0.25) is 0 Å². The van der Waals surface area contributed by atoms with E-state index in [1.165, 1.54) is 0 Å². The summed E-state index contributed by atoms with van der Waals surface area (Å²) < 4.78 is 0. The standard InChI is InChI=1S/C13H23NO3/c1-4-13(2,3)12(17)14(9-11(15)16)10-7-5-6-8-10/h10H,4-9H2,1-3H3,(H,15,16). The van der Waals surface area contributed by atoms with E-state index in [2.05, 4.69) is 0 Å². The number of aliphatic carboxylic acids is 1. The molecule has 0 aromatic heterocycles. The van der Waals surface area contributed by atoms with Gasteiger partial charge in [-0.3, -0.25) is 9.59 Å². The maximum absolute atomic E-state index is 12.4. The zero-order valence-electron chi connectivity index (χ0n) is 11.0. The van der Waals surface area contributed by atoms with E-state index in [0.29, 0.717) is 0 Å². The molecule has 1 amide bonds. The molecule has 0 atom stereocenters. The first-order valence-corrected chi connectivity index (χ1v) is 6.41. The number of carbonyl (C=O) groups is 2. The van der Waals surface area contributed by atoms with E-state index in [0.717, 1.165) is 32.1 Å². The van der Waals surface area contributed by atoms with E-state index in [-0.39, 0.29) is 18.5 Å². The van der Waals surface area contributed by atoms with Gasteiger partial charge in [-0.05, 0) is 19.3 Å². The normalized spacial score (nSPS) is 17.1. The van der Waals surface area contributed by atoms with E-state index >= 15 is 0 Å². The maximum Gasteiger partial charge on any atom is 0.323 e. The molecule has 0 aromatic carbocycles. The molecule has 0 spiro atoms. The van der Waals surface area contributed by atoms with Gasteiger partial charge in [-0.15, -0.1) is 0 Å². The van der Waals surface area contributed by atoms with Crippen molar-refractivity contribution in [1.29, 1.82) is 0 Å². The number of carboxylic acid groups (broad SMARTS) is 1. The van der Waals surface area contributed by atoms with Crippen molar-refractivity contribution in [2.75, 3.05) is 6.54 Å². The van der Waals surface area contributed by atoms with Crippen LogP contribution in [0.5, 0.6) is 0 Å². The summed E-state index contributed by atoms with van der Waals surface area (Å²) in [5, 5.41) is 8.94. The molecular formula is C13H23NO3. The molecule has 0 bridgehead atoms. The minimum atomic E-state index is -0.919. The predicted molar refractivity (Wildman–Crippen MR) is 65.7 cm³/mol. The summed E-state index contributed by atoms with van der Waals surface area (Å²) in [5.74, 6) is -0.938. The number of carbonyl (C=O) groups excluding carboxylic acids is 1. The Morgan fingerprint density at radius 1 is 1.29 bits per heavy atom. The van der Waals surface area contributed by atoms with Gasteiger partial charge < -0.3 is 10.0 Å². The van der Waals surface area contributed by atoms with Crippen molar-refractivity contribution in [3.8, 4) is 0 Å². The van der Waals surface area contributed by atoms with Crippen LogP contribution in [-0.2, 0) is 9.59 Å². The van der Waals surface area contributed by atoms with Gasteiger partial charge in [0.1, 0.15) is 6.54 Å². The smallest absolute Gasteiger partial charge is 0.323 e. The van der Waals surface area contributed by atoms with Gasteiger partial charge in [-0.25, -0.2) is 0 Å². The summed E-state index contributed by atoms with van der Waals surface area (Å²) in [7, 11) is 0. The quantitative estimate of drug-likeness (QED) is 0.803. The zero-order chi connectivity index (χ0) is 13.1. The van der Waals surface area contributed by atoms with Crippen molar-refractivity contribution in [2.45, 2.75) is 58.9 Å². The average Bonchev–Trinajstić information content (AvgIpc) is 2.77. The average molecular weight is 241 g/mol. The summed E-state index contributed by atoms with van der Waals surface area (Å²) in [4.78, 5) is 24.9. The van der Waals surface area contributed by atoms with Crippen LogP contribution in [0.25, 0.3) is 0 Å². The Bertz CT molecular complexity index is 293. The second-order valence-corrected chi connectivity index (χ2v) is 5.50. The lowest BCUT2D eigenvalue weighted by Crippen LogP contribution is -2.48.